The van der Waals surface area contributed by atoms with Crippen molar-refractivity contribution < 1.29 is 0 Å². The number of rotatable bonds is 4. The van der Waals surface area contributed by atoms with Crippen molar-refractivity contribution in [3.05, 3.63) is 35.9 Å². The average Bonchev–Trinajstić information content (AvgIpc) is 2.40. The van der Waals surface area contributed by atoms with Crippen molar-refractivity contribution in [2.45, 2.75) is 49.0 Å². The first-order valence-corrected chi connectivity index (χ1v) is 7.42. The first kappa shape index (κ1) is 12.5. The Kier molecular flexibility index (Phi) is 4.94. The molecule has 0 spiro atoms. The quantitative estimate of drug-likeness (QED) is 0.767. The van der Waals surface area contributed by atoms with E-state index in [1.807, 2.05) is 17.8 Å². The number of hydrogen-bond donors (Lipinski definition) is 0. The Hall–Kier alpha value is -0.940. The van der Waals surface area contributed by atoms with E-state index in [0.29, 0.717) is 11.7 Å². The van der Waals surface area contributed by atoms with E-state index in [-0.39, 0.29) is 0 Å². The summed E-state index contributed by atoms with van der Waals surface area (Å²) in [7, 11) is 0. The van der Waals surface area contributed by atoms with Gasteiger partial charge in [-0.1, -0.05) is 49.6 Å². The number of hydrogen-bond acceptors (Lipinski definition) is 2. The second-order valence-corrected chi connectivity index (χ2v) is 6.17. The van der Waals surface area contributed by atoms with Crippen LogP contribution in [0.15, 0.2) is 30.3 Å². The van der Waals surface area contributed by atoms with Crippen molar-refractivity contribution in [3.8, 4) is 6.07 Å². The summed E-state index contributed by atoms with van der Waals surface area (Å²) in [6, 6.07) is 12.8. The maximum absolute atomic E-state index is 8.96. The van der Waals surface area contributed by atoms with Crippen molar-refractivity contribution in [1.29, 1.82) is 5.26 Å². The Morgan fingerprint density at radius 2 is 1.88 bits per heavy atom. The monoisotopic (exact) mass is 245 g/mol. The van der Waals surface area contributed by atoms with Crippen LogP contribution < -0.4 is 0 Å². The molecule has 0 bridgehead atoms. The van der Waals surface area contributed by atoms with Crippen LogP contribution in [0.3, 0.4) is 0 Å². The third kappa shape index (κ3) is 3.78. The number of nitriles is 1. The third-order valence-electron chi connectivity index (χ3n) is 3.36. The van der Waals surface area contributed by atoms with Gasteiger partial charge < -0.3 is 0 Å². The number of nitrogens with zero attached hydrogens (tertiary/aromatic N) is 1. The molecule has 1 atom stereocenters. The molecule has 1 aromatic rings. The molecule has 1 aliphatic carbocycles. The van der Waals surface area contributed by atoms with Gasteiger partial charge in [0.05, 0.1) is 12.5 Å². The summed E-state index contributed by atoms with van der Waals surface area (Å²) in [5.74, 6) is 0. The summed E-state index contributed by atoms with van der Waals surface area (Å²) in [4.78, 5) is 0. The number of benzene rings is 1. The van der Waals surface area contributed by atoms with Crippen LogP contribution >= 0.6 is 11.8 Å². The van der Waals surface area contributed by atoms with Crippen LogP contribution in [0.5, 0.6) is 0 Å². The minimum atomic E-state index is 0.365. The van der Waals surface area contributed by atoms with Gasteiger partial charge in [0, 0.05) is 10.5 Å². The second kappa shape index (κ2) is 6.71. The molecule has 0 N–H and O–H groups in total. The molecular weight excluding hydrogens is 226 g/mol. The average molecular weight is 245 g/mol. The lowest BCUT2D eigenvalue weighted by Crippen LogP contribution is -2.10. The van der Waals surface area contributed by atoms with Gasteiger partial charge in [-0.15, -0.1) is 11.8 Å². The summed E-state index contributed by atoms with van der Waals surface area (Å²) in [5, 5.41) is 10.1. The molecular formula is C15H19NS. The van der Waals surface area contributed by atoms with Gasteiger partial charge in [0.1, 0.15) is 0 Å². The Balaban J connectivity index is 1.99. The molecule has 0 radical (unpaired) electrons. The molecule has 2 heteroatoms. The number of thioether (sulfide) groups is 1. The fraction of sp³-hybridized carbons (Fsp3) is 0.533. The van der Waals surface area contributed by atoms with Crippen LogP contribution in [-0.4, -0.2) is 5.25 Å². The molecule has 0 aromatic heterocycles. The molecule has 1 fully saturated rings. The molecule has 1 aromatic carbocycles. The van der Waals surface area contributed by atoms with Crippen LogP contribution in [0.4, 0.5) is 0 Å². The summed E-state index contributed by atoms with van der Waals surface area (Å²) in [5.41, 5.74) is 1.31. The van der Waals surface area contributed by atoms with Gasteiger partial charge in [0.2, 0.25) is 0 Å². The van der Waals surface area contributed by atoms with Gasteiger partial charge in [-0.2, -0.15) is 5.26 Å². The lowest BCUT2D eigenvalue weighted by Gasteiger charge is -2.25. The maximum Gasteiger partial charge on any atom is 0.0636 e. The van der Waals surface area contributed by atoms with Gasteiger partial charge in [-0.05, 0) is 18.4 Å². The largest absolute Gasteiger partial charge is 0.198 e. The maximum atomic E-state index is 8.96. The summed E-state index contributed by atoms with van der Waals surface area (Å²) in [6.45, 7) is 0. The Morgan fingerprint density at radius 1 is 1.18 bits per heavy atom. The summed E-state index contributed by atoms with van der Waals surface area (Å²) >= 11 is 2.02. The third-order valence-corrected chi connectivity index (χ3v) is 4.98. The molecule has 0 saturated heterocycles. The lowest BCUT2D eigenvalue weighted by atomic mass is 10.0. The summed E-state index contributed by atoms with van der Waals surface area (Å²) in [6.07, 6.45) is 7.42. The molecule has 0 aliphatic heterocycles. The molecule has 2 rings (SSSR count). The van der Waals surface area contributed by atoms with E-state index in [0.717, 1.165) is 5.25 Å². The SMILES string of the molecule is N#CCC(SC1CCCCC1)c1ccccc1. The molecule has 17 heavy (non-hydrogen) atoms. The molecule has 1 saturated carbocycles. The highest BCUT2D eigenvalue weighted by Gasteiger charge is 2.20. The fourth-order valence-electron chi connectivity index (χ4n) is 2.43. The summed E-state index contributed by atoms with van der Waals surface area (Å²) < 4.78 is 0. The fourth-order valence-corrected chi connectivity index (χ4v) is 3.98. The van der Waals surface area contributed by atoms with E-state index in [2.05, 4.69) is 30.3 Å². The first-order chi connectivity index (χ1) is 8.40. The van der Waals surface area contributed by atoms with Gasteiger partial charge >= 0.3 is 0 Å². The van der Waals surface area contributed by atoms with Gasteiger partial charge in [-0.3, -0.25) is 0 Å². The Labute approximate surface area is 108 Å². The van der Waals surface area contributed by atoms with Crippen molar-refractivity contribution in [2.24, 2.45) is 0 Å². The zero-order valence-corrected chi connectivity index (χ0v) is 11.0. The zero-order valence-electron chi connectivity index (χ0n) is 10.1. The van der Waals surface area contributed by atoms with E-state index < -0.39 is 0 Å². The van der Waals surface area contributed by atoms with E-state index in [4.69, 9.17) is 5.26 Å². The molecule has 90 valence electrons. The predicted molar refractivity (Wildman–Crippen MR) is 73.9 cm³/mol. The molecule has 0 amide bonds. The standard InChI is InChI=1S/C15H19NS/c16-12-11-15(13-7-3-1-4-8-13)17-14-9-5-2-6-10-14/h1,3-4,7-8,14-15H,2,5-6,9-11H2. The van der Waals surface area contributed by atoms with Crippen molar-refractivity contribution in [1.82, 2.24) is 0 Å². The van der Waals surface area contributed by atoms with Crippen molar-refractivity contribution in [3.63, 3.8) is 0 Å². The predicted octanol–water partition coefficient (Wildman–Crippen LogP) is 4.71. The topological polar surface area (TPSA) is 23.8 Å². The van der Waals surface area contributed by atoms with E-state index in [9.17, 15) is 0 Å². The van der Waals surface area contributed by atoms with Crippen LogP contribution in [0.1, 0.15) is 49.3 Å². The Bertz CT molecular complexity index is 362. The van der Waals surface area contributed by atoms with Crippen LogP contribution in [0.2, 0.25) is 0 Å². The smallest absolute Gasteiger partial charge is 0.0636 e. The van der Waals surface area contributed by atoms with Gasteiger partial charge in [-0.25, -0.2) is 0 Å². The molecule has 1 aliphatic rings. The minimum absolute atomic E-state index is 0.365. The van der Waals surface area contributed by atoms with Gasteiger partial charge in [0.25, 0.3) is 0 Å². The minimum Gasteiger partial charge on any atom is -0.198 e. The zero-order chi connectivity index (χ0) is 11.9. The molecule has 0 heterocycles. The van der Waals surface area contributed by atoms with Crippen molar-refractivity contribution >= 4 is 11.8 Å². The van der Waals surface area contributed by atoms with Crippen LogP contribution in [0.25, 0.3) is 0 Å². The highest BCUT2D eigenvalue weighted by atomic mass is 32.2. The lowest BCUT2D eigenvalue weighted by molar-refractivity contribution is 0.515. The van der Waals surface area contributed by atoms with Crippen LogP contribution in [-0.2, 0) is 0 Å². The Morgan fingerprint density at radius 3 is 2.53 bits per heavy atom. The van der Waals surface area contributed by atoms with E-state index >= 15 is 0 Å². The highest BCUT2D eigenvalue weighted by Crippen LogP contribution is 2.40. The van der Waals surface area contributed by atoms with E-state index in [1.165, 1.54) is 37.7 Å². The second-order valence-electron chi connectivity index (χ2n) is 4.66. The molecule has 1 unspecified atom stereocenters. The normalized spacial score (nSPS) is 18.5. The first-order valence-electron chi connectivity index (χ1n) is 6.47. The van der Waals surface area contributed by atoms with Crippen molar-refractivity contribution in [2.75, 3.05) is 0 Å². The van der Waals surface area contributed by atoms with E-state index in [1.54, 1.807) is 0 Å². The molecule has 1 nitrogen and oxygen atoms in total. The van der Waals surface area contributed by atoms with Gasteiger partial charge in [0.15, 0.2) is 0 Å². The van der Waals surface area contributed by atoms with Crippen LogP contribution in [0, 0.1) is 11.3 Å². The highest BCUT2D eigenvalue weighted by molar-refractivity contribution is 8.00.